The third-order valence-electron chi connectivity index (χ3n) is 4.70. The number of pyridine rings is 1. The van der Waals surface area contributed by atoms with Crippen molar-refractivity contribution in [3.63, 3.8) is 0 Å². The Hall–Kier alpha value is -2.16. The maximum atomic E-state index is 4.88. The molecule has 4 rings (SSSR count). The molecule has 0 bridgehead atoms. The van der Waals surface area contributed by atoms with Crippen molar-refractivity contribution in [1.29, 1.82) is 0 Å². The number of aliphatic imine (C=N–C) groups is 1. The summed E-state index contributed by atoms with van der Waals surface area (Å²) in [6.45, 7) is 3.05. The van der Waals surface area contributed by atoms with E-state index in [0.29, 0.717) is 0 Å². The molecule has 1 aromatic heterocycles. The molecule has 2 aromatic rings. The average Bonchev–Trinajstić information content (AvgIpc) is 2.88. The van der Waals surface area contributed by atoms with E-state index < -0.39 is 0 Å². The van der Waals surface area contributed by atoms with Gasteiger partial charge in [-0.05, 0) is 60.6 Å². The Balaban J connectivity index is 1.75. The average molecular weight is 277 g/mol. The number of nitrogens with one attached hydrogen (secondary N) is 1. The fourth-order valence-electron chi connectivity index (χ4n) is 3.67. The molecule has 0 unspecified atom stereocenters. The van der Waals surface area contributed by atoms with Gasteiger partial charge in [0, 0.05) is 18.9 Å². The molecule has 1 aliphatic carbocycles. The van der Waals surface area contributed by atoms with E-state index in [1.165, 1.54) is 22.3 Å². The van der Waals surface area contributed by atoms with Crippen LogP contribution in [0.15, 0.2) is 47.7 Å². The Bertz CT molecular complexity index is 706. The monoisotopic (exact) mass is 277 g/mol. The molecule has 2 heterocycles. The molecular formula is C18H19N3. The number of fused-ring (bicyclic) bond motifs is 1. The highest BCUT2D eigenvalue weighted by atomic mass is 15.1. The van der Waals surface area contributed by atoms with Crippen molar-refractivity contribution >= 4 is 5.84 Å². The smallest absolute Gasteiger partial charge is 0.0940 e. The number of rotatable bonds is 1. The summed E-state index contributed by atoms with van der Waals surface area (Å²) >= 11 is 0. The van der Waals surface area contributed by atoms with Gasteiger partial charge in [-0.1, -0.05) is 18.2 Å². The normalized spacial score (nSPS) is 23.6. The van der Waals surface area contributed by atoms with E-state index >= 15 is 0 Å². The first-order valence-corrected chi connectivity index (χ1v) is 7.57. The first-order chi connectivity index (χ1) is 10.3. The highest BCUT2D eigenvalue weighted by molar-refractivity contribution is 5.82. The Kier molecular flexibility index (Phi) is 2.81. The molecule has 106 valence electrons. The van der Waals surface area contributed by atoms with Crippen LogP contribution >= 0.6 is 0 Å². The zero-order valence-corrected chi connectivity index (χ0v) is 12.3. The van der Waals surface area contributed by atoms with Crippen LogP contribution in [0.3, 0.4) is 0 Å². The van der Waals surface area contributed by atoms with Gasteiger partial charge in [-0.25, -0.2) is 0 Å². The van der Waals surface area contributed by atoms with Gasteiger partial charge in [0.15, 0.2) is 0 Å². The van der Waals surface area contributed by atoms with Crippen molar-refractivity contribution in [1.82, 2.24) is 10.3 Å². The van der Waals surface area contributed by atoms with E-state index in [-0.39, 0.29) is 5.54 Å². The summed E-state index contributed by atoms with van der Waals surface area (Å²) in [5.74, 6) is 1.09. The van der Waals surface area contributed by atoms with Crippen LogP contribution in [-0.2, 0) is 12.8 Å². The van der Waals surface area contributed by atoms with Gasteiger partial charge >= 0.3 is 0 Å². The third-order valence-corrected chi connectivity index (χ3v) is 4.70. The van der Waals surface area contributed by atoms with E-state index in [1.807, 2.05) is 12.4 Å². The number of hydrogen-bond acceptors (Lipinski definition) is 3. The van der Waals surface area contributed by atoms with Crippen molar-refractivity contribution in [3.05, 3.63) is 53.9 Å². The zero-order valence-electron chi connectivity index (χ0n) is 12.3. The molecule has 1 atom stereocenters. The first kappa shape index (κ1) is 12.6. The Labute approximate surface area is 125 Å². The summed E-state index contributed by atoms with van der Waals surface area (Å²) < 4.78 is 0. The lowest BCUT2D eigenvalue weighted by Crippen LogP contribution is -2.38. The molecule has 1 aliphatic heterocycles. The van der Waals surface area contributed by atoms with E-state index in [9.17, 15) is 0 Å². The van der Waals surface area contributed by atoms with E-state index in [0.717, 1.165) is 31.6 Å². The minimum Gasteiger partial charge on any atom is -0.372 e. The van der Waals surface area contributed by atoms with Crippen molar-refractivity contribution in [2.24, 2.45) is 4.99 Å². The summed E-state index contributed by atoms with van der Waals surface area (Å²) in [6.07, 6.45) is 7.02. The molecule has 0 radical (unpaired) electrons. The molecule has 3 heteroatoms. The van der Waals surface area contributed by atoms with Crippen LogP contribution in [0.25, 0.3) is 11.1 Å². The molecule has 2 aliphatic rings. The van der Waals surface area contributed by atoms with Crippen LogP contribution in [0.4, 0.5) is 0 Å². The molecule has 21 heavy (non-hydrogen) atoms. The van der Waals surface area contributed by atoms with Gasteiger partial charge in [-0.3, -0.25) is 9.98 Å². The number of benzene rings is 1. The molecule has 0 saturated carbocycles. The van der Waals surface area contributed by atoms with Gasteiger partial charge in [-0.15, -0.1) is 0 Å². The van der Waals surface area contributed by atoms with Crippen LogP contribution in [0.2, 0.25) is 0 Å². The van der Waals surface area contributed by atoms with Crippen LogP contribution in [0.1, 0.15) is 24.5 Å². The van der Waals surface area contributed by atoms with Crippen LogP contribution in [0.5, 0.6) is 0 Å². The molecule has 1 spiro atoms. The number of hydrogen-bond donors (Lipinski definition) is 1. The Morgan fingerprint density at radius 3 is 2.76 bits per heavy atom. The second-order valence-corrected chi connectivity index (χ2v) is 6.13. The second kappa shape index (κ2) is 4.69. The quantitative estimate of drug-likeness (QED) is 0.870. The highest BCUT2D eigenvalue weighted by Crippen LogP contribution is 2.37. The predicted octanol–water partition coefficient (Wildman–Crippen LogP) is 3.00. The predicted molar refractivity (Wildman–Crippen MR) is 85.5 cm³/mol. The van der Waals surface area contributed by atoms with Crippen molar-refractivity contribution in [2.75, 3.05) is 6.54 Å². The molecule has 0 saturated heterocycles. The maximum absolute atomic E-state index is 4.88. The van der Waals surface area contributed by atoms with Gasteiger partial charge in [0.25, 0.3) is 0 Å². The molecule has 1 aromatic carbocycles. The van der Waals surface area contributed by atoms with Crippen molar-refractivity contribution in [3.8, 4) is 11.1 Å². The van der Waals surface area contributed by atoms with Gasteiger partial charge < -0.3 is 5.32 Å². The summed E-state index contributed by atoms with van der Waals surface area (Å²) in [7, 11) is 0. The molecule has 0 amide bonds. The van der Waals surface area contributed by atoms with Crippen LogP contribution in [-0.4, -0.2) is 22.9 Å². The first-order valence-electron chi connectivity index (χ1n) is 7.57. The summed E-state index contributed by atoms with van der Waals surface area (Å²) in [4.78, 5) is 9.00. The fraction of sp³-hybridized carbons (Fsp3) is 0.333. The Morgan fingerprint density at radius 2 is 2.00 bits per heavy atom. The van der Waals surface area contributed by atoms with E-state index in [1.54, 1.807) is 0 Å². The van der Waals surface area contributed by atoms with Gasteiger partial charge in [0.1, 0.15) is 0 Å². The molecule has 1 N–H and O–H groups in total. The summed E-state index contributed by atoms with van der Waals surface area (Å²) in [5.41, 5.74) is 5.66. The Morgan fingerprint density at radius 1 is 1.14 bits per heavy atom. The van der Waals surface area contributed by atoms with E-state index in [2.05, 4.69) is 47.6 Å². The summed E-state index contributed by atoms with van der Waals surface area (Å²) in [6, 6.07) is 10.9. The van der Waals surface area contributed by atoms with Crippen molar-refractivity contribution in [2.45, 2.75) is 31.7 Å². The lowest BCUT2D eigenvalue weighted by molar-refractivity contribution is 0.395. The lowest BCUT2D eigenvalue weighted by atomic mass is 9.76. The van der Waals surface area contributed by atoms with Crippen LogP contribution in [0, 0.1) is 0 Å². The van der Waals surface area contributed by atoms with Gasteiger partial charge in [-0.2, -0.15) is 0 Å². The lowest BCUT2D eigenvalue weighted by Gasteiger charge is -2.32. The minimum absolute atomic E-state index is 0.0912. The third kappa shape index (κ3) is 2.13. The standard InChI is InChI=1S/C18H19N3/c1-13-20-12-18(21-13)8-5-17-15(11-18)3-2-4-16(17)14-6-9-19-10-7-14/h2-4,6-7,9-10H,5,8,11-12H2,1H3,(H,20,21)/t18-/m0/s1. The van der Waals surface area contributed by atoms with Gasteiger partial charge in [0.2, 0.25) is 0 Å². The SMILES string of the molecule is CC1=N[C@]2(CCc3c(cccc3-c3ccncc3)C2)CN1. The largest absolute Gasteiger partial charge is 0.372 e. The molecule has 3 nitrogen and oxygen atoms in total. The zero-order chi connectivity index (χ0) is 14.3. The van der Waals surface area contributed by atoms with E-state index in [4.69, 9.17) is 4.99 Å². The highest BCUT2D eigenvalue weighted by Gasteiger charge is 2.37. The second-order valence-electron chi connectivity index (χ2n) is 6.13. The molecule has 0 fully saturated rings. The topological polar surface area (TPSA) is 37.3 Å². The molecular weight excluding hydrogens is 258 g/mol. The minimum atomic E-state index is 0.0912. The van der Waals surface area contributed by atoms with Crippen LogP contribution < -0.4 is 5.32 Å². The number of nitrogens with zero attached hydrogens (tertiary/aromatic N) is 2. The fourth-order valence-corrected chi connectivity index (χ4v) is 3.67. The maximum Gasteiger partial charge on any atom is 0.0940 e. The summed E-state index contributed by atoms with van der Waals surface area (Å²) in [5, 5.41) is 3.40. The number of amidine groups is 1. The van der Waals surface area contributed by atoms with Gasteiger partial charge in [0.05, 0.1) is 11.4 Å². The van der Waals surface area contributed by atoms with Crippen molar-refractivity contribution < 1.29 is 0 Å². The number of aromatic nitrogens is 1.